The first-order chi connectivity index (χ1) is 10.2. The average molecular weight is 297 g/mol. The average Bonchev–Trinajstić information content (AvgIpc) is 2.86. The van der Waals surface area contributed by atoms with Crippen LogP contribution in [0, 0.1) is 11.3 Å². The topological polar surface area (TPSA) is 62.7 Å². The second-order valence-electron chi connectivity index (χ2n) is 6.02. The number of nitrogen functional groups attached to an aromatic ring is 1. The van der Waals surface area contributed by atoms with Gasteiger partial charge in [0.25, 0.3) is 0 Å². The molecule has 0 amide bonds. The summed E-state index contributed by atoms with van der Waals surface area (Å²) in [5.74, 6) is 0. The molecule has 0 radical (unpaired) electrons. The molecule has 0 aliphatic heterocycles. The molecular formula is C17H19N3S. The van der Waals surface area contributed by atoms with Crippen molar-refractivity contribution < 1.29 is 0 Å². The number of anilines is 1. The maximum atomic E-state index is 9.35. The monoisotopic (exact) mass is 297 g/mol. The number of pyridine rings is 1. The standard InChI is InChI=1S/C17H19N3S/c1-17(7-3-2-4-8-17)16-14(12-6-5-9-20-11-12)15(19)13(10-18)21-16/h5-6,9,11H,2-4,7-8,19H2,1H3. The lowest BCUT2D eigenvalue weighted by molar-refractivity contribution is 0.326. The lowest BCUT2D eigenvalue weighted by atomic mass is 9.73. The van der Waals surface area contributed by atoms with Crippen molar-refractivity contribution in [2.75, 3.05) is 5.73 Å². The SMILES string of the molecule is CC1(c2sc(C#N)c(N)c2-c2cccnc2)CCCCC1. The van der Waals surface area contributed by atoms with E-state index in [1.54, 1.807) is 17.5 Å². The third kappa shape index (κ3) is 2.43. The van der Waals surface area contributed by atoms with Crippen molar-refractivity contribution >= 4 is 17.0 Å². The number of nitrogens with zero attached hydrogens (tertiary/aromatic N) is 2. The molecular weight excluding hydrogens is 278 g/mol. The smallest absolute Gasteiger partial charge is 0.128 e. The van der Waals surface area contributed by atoms with Gasteiger partial charge in [-0.3, -0.25) is 4.98 Å². The molecule has 0 spiro atoms. The Kier molecular flexibility index (Phi) is 3.69. The van der Waals surface area contributed by atoms with Gasteiger partial charge in [0.1, 0.15) is 10.9 Å². The van der Waals surface area contributed by atoms with Crippen LogP contribution in [0.5, 0.6) is 0 Å². The zero-order valence-corrected chi connectivity index (χ0v) is 13.0. The molecule has 0 bridgehead atoms. The van der Waals surface area contributed by atoms with Crippen LogP contribution in [0.15, 0.2) is 24.5 Å². The van der Waals surface area contributed by atoms with Crippen LogP contribution in [0.3, 0.4) is 0 Å². The van der Waals surface area contributed by atoms with E-state index in [0.29, 0.717) is 10.6 Å². The summed E-state index contributed by atoms with van der Waals surface area (Å²) in [5.41, 5.74) is 9.09. The van der Waals surface area contributed by atoms with Crippen LogP contribution < -0.4 is 5.73 Å². The van der Waals surface area contributed by atoms with Crippen LogP contribution in [0.25, 0.3) is 11.1 Å². The molecule has 1 fully saturated rings. The first-order valence-corrected chi connectivity index (χ1v) is 8.20. The number of hydrogen-bond acceptors (Lipinski definition) is 4. The van der Waals surface area contributed by atoms with Gasteiger partial charge >= 0.3 is 0 Å². The zero-order valence-electron chi connectivity index (χ0n) is 12.2. The Bertz CT molecular complexity index is 676. The molecule has 2 aromatic heterocycles. The van der Waals surface area contributed by atoms with Crippen molar-refractivity contribution in [3.8, 4) is 17.2 Å². The second-order valence-corrected chi connectivity index (χ2v) is 7.04. The minimum absolute atomic E-state index is 0.136. The highest BCUT2D eigenvalue weighted by atomic mass is 32.1. The van der Waals surface area contributed by atoms with Crippen molar-refractivity contribution in [2.24, 2.45) is 0 Å². The Morgan fingerprint density at radius 3 is 2.71 bits per heavy atom. The molecule has 0 aromatic carbocycles. The van der Waals surface area contributed by atoms with Gasteiger partial charge in [-0.05, 0) is 18.9 Å². The first kappa shape index (κ1) is 14.1. The van der Waals surface area contributed by atoms with E-state index in [0.717, 1.165) is 11.1 Å². The van der Waals surface area contributed by atoms with Gasteiger partial charge in [-0.2, -0.15) is 5.26 Å². The largest absolute Gasteiger partial charge is 0.396 e. The van der Waals surface area contributed by atoms with Gasteiger partial charge < -0.3 is 5.73 Å². The van der Waals surface area contributed by atoms with E-state index in [9.17, 15) is 5.26 Å². The number of rotatable bonds is 2. The van der Waals surface area contributed by atoms with E-state index >= 15 is 0 Å². The predicted octanol–water partition coefficient (Wildman–Crippen LogP) is 4.49. The first-order valence-electron chi connectivity index (χ1n) is 7.39. The third-order valence-electron chi connectivity index (χ3n) is 4.50. The third-order valence-corrected chi connectivity index (χ3v) is 5.92. The predicted molar refractivity (Wildman–Crippen MR) is 87.1 cm³/mol. The summed E-state index contributed by atoms with van der Waals surface area (Å²) in [7, 11) is 0. The Morgan fingerprint density at radius 2 is 2.10 bits per heavy atom. The van der Waals surface area contributed by atoms with Crippen LogP contribution in [-0.4, -0.2) is 4.98 Å². The minimum atomic E-state index is 0.136. The number of hydrogen-bond donors (Lipinski definition) is 1. The number of thiophene rings is 1. The number of aromatic nitrogens is 1. The van der Waals surface area contributed by atoms with Gasteiger partial charge in [-0.15, -0.1) is 11.3 Å². The summed E-state index contributed by atoms with van der Waals surface area (Å²) in [6, 6.07) is 6.21. The number of nitrogens with two attached hydrogens (primary N) is 1. The van der Waals surface area contributed by atoms with Gasteiger partial charge in [0.15, 0.2) is 0 Å². The molecule has 0 unspecified atom stereocenters. The lowest BCUT2D eigenvalue weighted by Gasteiger charge is -2.33. The molecule has 108 valence electrons. The van der Waals surface area contributed by atoms with E-state index in [1.807, 2.05) is 18.3 Å². The Morgan fingerprint density at radius 1 is 1.33 bits per heavy atom. The minimum Gasteiger partial charge on any atom is -0.396 e. The van der Waals surface area contributed by atoms with Crippen LogP contribution in [0.4, 0.5) is 5.69 Å². The van der Waals surface area contributed by atoms with Crippen LogP contribution >= 0.6 is 11.3 Å². The second kappa shape index (κ2) is 5.50. The van der Waals surface area contributed by atoms with E-state index in [1.165, 1.54) is 37.0 Å². The highest BCUT2D eigenvalue weighted by Gasteiger charge is 2.34. The molecule has 0 atom stereocenters. The van der Waals surface area contributed by atoms with Gasteiger partial charge in [0.05, 0.1) is 5.69 Å². The van der Waals surface area contributed by atoms with E-state index in [2.05, 4.69) is 18.0 Å². The van der Waals surface area contributed by atoms with Crippen LogP contribution in [0.2, 0.25) is 0 Å². The lowest BCUT2D eigenvalue weighted by Crippen LogP contribution is -2.24. The van der Waals surface area contributed by atoms with Crippen molar-refractivity contribution in [3.63, 3.8) is 0 Å². The fraction of sp³-hybridized carbons (Fsp3) is 0.412. The molecule has 2 heterocycles. The van der Waals surface area contributed by atoms with Crippen LogP contribution in [-0.2, 0) is 5.41 Å². The molecule has 0 saturated heterocycles. The summed E-state index contributed by atoms with van der Waals surface area (Å²) in [6.07, 6.45) is 9.76. The van der Waals surface area contributed by atoms with Crippen molar-refractivity contribution in [1.82, 2.24) is 4.98 Å². The molecule has 1 aliphatic rings. The van der Waals surface area contributed by atoms with E-state index in [4.69, 9.17) is 5.73 Å². The van der Waals surface area contributed by atoms with Crippen molar-refractivity contribution in [1.29, 1.82) is 5.26 Å². The highest BCUT2D eigenvalue weighted by Crippen LogP contribution is 2.49. The maximum Gasteiger partial charge on any atom is 0.128 e. The Labute approximate surface area is 129 Å². The molecule has 2 aromatic rings. The van der Waals surface area contributed by atoms with Crippen LogP contribution in [0.1, 0.15) is 48.8 Å². The van der Waals surface area contributed by atoms with E-state index < -0.39 is 0 Å². The Balaban J connectivity index is 2.19. The molecule has 1 aliphatic carbocycles. The zero-order chi connectivity index (χ0) is 14.9. The summed E-state index contributed by atoms with van der Waals surface area (Å²) in [4.78, 5) is 6.12. The quantitative estimate of drug-likeness (QED) is 0.888. The molecule has 21 heavy (non-hydrogen) atoms. The summed E-state index contributed by atoms with van der Waals surface area (Å²) in [5, 5.41) is 9.35. The maximum absolute atomic E-state index is 9.35. The Hall–Kier alpha value is -1.86. The van der Waals surface area contributed by atoms with Gasteiger partial charge in [-0.25, -0.2) is 0 Å². The van der Waals surface area contributed by atoms with Crippen molar-refractivity contribution in [2.45, 2.75) is 44.4 Å². The molecule has 4 heteroatoms. The normalized spacial score (nSPS) is 17.3. The van der Waals surface area contributed by atoms with Gasteiger partial charge in [0.2, 0.25) is 0 Å². The summed E-state index contributed by atoms with van der Waals surface area (Å²) < 4.78 is 0. The van der Waals surface area contributed by atoms with Gasteiger partial charge in [-0.1, -0.05) is 32.3 Å². The molecule has 1 saturated carbocycles. The summed E-state index contributed by atoms with van der Waals surface area (Å²) >= 11 is 1.57. The molecule has 2 N–H and O–H groups in total. The van der Waals surface area contributed by atoms with Gasteiger partial charge in [0, 0.05) is 33.8 Å². The number of nitriles is 1. The fourth-order valence-corrected chi connectivity index (χ4v) is 4.55. The highest BCUT2D eigenvalue weighted by molar-refractivity contribution is 7.14. The van der Waals surface area contributed by atoms with Crippen molar-refractivity contribution in [3.05, 3.63) is 34.3 Å². The fourth-order valence-electron chi connectivity index (χ4n) is 3.31. The molecule has 3 nitrogen and oxygen atoms in total. The van der Waals surface area contributed by atoms with E-state index in [-0.39, 0.29) is 5.41 Å². The molecule has 3 rings (SSSR count). The summed E-state index contributed by atoms with van der Waals surface area (Å²) in [6.45, 7) is 2.32.